The topological polar surface area (TPSA) is 66.6 Å². The molecule has 5 nitrogen and oxygen atoms in total. The van der Waals surface area contributed by atoms with Gasteiger partial charge < -0.3 is 15.5 Å². The van der Waals surface area contributed by atoms with Crippen LogP contribution in [-0.2, 0) is 0 Å². The molecule has 2 N–H and O–H groups in total. The molecule has 21 heavy (non-hydrogen) atoms. The molecule has 3 rings (SSSR count). The van der Waals surface area contributed by atoms with Crippen LogP contribution in [0.1, 0.15) is 45.0 Å². The summed E-state index contributed by atoms with van der Waals surface area (Å²) in [6, 6.07) is 4.16. The molecule has 0 aliphatic carbocycles. The molecule has 0 unspecified atom stereocenters. The van der Waals surface area contributed by atoms with Crippen LogP contribution in [0.5, 0.6) is 0 Å². The predicted molar refractivity (Wildman–Crippen MR) is 82.5 cm³/mol. The van der Waals surface area contributed by atoms with Gasteiger partial charge in [0.05, 0.1) is 9.75 Å². The highest BCUT2D eigenvalue weighted by Gasteiger charge is 2.38. The summed E-state index contributed by atoms with van der Waals surface area (Å²) in [6.07, 6.45) is 4.52. The summed E-state index contributed by atoms with van der Waals surface area (Å²) in [5.41, 5.74) is 5.27. The highest BCUT2D eigenvalue weighted by molar-refractivity contribution is 7.15. The smallest absolute Gasteiger partial charge is 0.264 e. The van der Waals surface area contributed by atoms with E-state index < -0.39 is 5.91 Å². The van der Waals surface area contributed by atoms with Crippen LogP contribution in [0.2, 0.25) is 0 Å². The first kappa shape index (κ1) is 14.5. The lowest BCUT2D eigenvalue weighted by Crippen LogP contribution is -2.46. The molecule has 0 radical (unpaired) electrons. The molecule has 0 bridgehead atoms. The van der Waals surface area contributed by atoms with Crippen LogP contribution in [0.3, 0.4) is 0 Å². The Labute approximate surface area is 128 Å². The van der Waals surface area contributed by atoms with Crippen LogP contribution in [0.15, 0.2) is 12.1 Å². The first-order valence-corrected chi connectivity index (χ1v) is 8.30. The lowest BCUT2D eigenvalue weighted by Gasteiger charge is -2.33. The fourth-order valence-corrected chi connectivity index (χ4v) is 4.41. The van der Waals surface area contributed by atoms with Crippen LogP contribution in [-0.4, -0.2) is 53.8 Å². The Morgan fingerprint density at radius 3 is 2.43 bits per heavy atom. The maximum Gasteiger partial charge on any atom is 0.264 e. The minimum absolute atomic E-state index is 0.0512. The van der Waals surface area contributed by atoms with Gasteiger partial charge in [0.2, 0.25) is 0 Å². The lowest BCUT2D eigenvalue weighted by molar-refractivity contribution is 0.0669. The number of nitrogens with zero attached hydrogens (tertiary/aromatic N) is 2. The van der Waals surface area contributed by atoms with Crippen molar-refractivity contribution in [2.24, 2.45) is 5.73 Å². The molecule has 2 saturated heterocycles. The van der Waals surface area contributed by atoms with Crippen molar-refractivity contribution in [3.63, 3.8) is 0 Å². The molecule has 0 saturated carbocycles. The first-order valence-electron chi connectivity index (χ1n) is 7.49. The number of nitrogens with two attached hydrogens (primary N) is 1. The van der Waals surface area contributed by atoms with Gasteiger partial charge in [-0.3, -0.25) is 9.59 Å². The van der Waals surface area contributed by atoms with Crippen LogP contribution < -0.4 is 5.73 Å². The molecule has 2 aliphatic rings. The molecule has 0 aromatic carbocycles. The van der Waals surface area contributed by atoms with Gasteiger partial charge in [-0.2, -0.15) is 0 Å². The molecule has 2 fully saturated rings. The molecule has 0 spiro atoms. The van der Waals surface area contributed by atoms with E-state index in [0.717, 1.165) is 25.9 Å². The number of carbonyl (C=O) groups excluding carboxylic acids is 2. The monoisotopic (exact) mass is 307 g/mol. The zero-order valence-electron chi connectivity index (χ0n) is 12.2. The molecule has 114 valence electrons. The molecule has 1 aromatic heterocycles. The minimum atomic E-state index is -0.465. The summed E-state index contributed by atoms with van der Waals surface area (Å²) in [6.45, 7) is 1.94. The van der Waals surface area contributed by atoms with E-state index in [1.165, 1.54) is 24.2 Å². The number of carbonyl (C=O) groups is 2. The second-order valence-electron chi connectivity index (χ2n) is 5.93. The summed E-state index contributed by atoms with van der Waals surface area (Å²) < 4.78 is 0. The van der Waals surface area contributed by atoms with E-state index in [9.17, 15) is 9.59 Å². The molecular weight excluding hydrogens is 286 g/mol. The van der Waals surface area contributed by atoms with Crippen molar-refractivity contribution in [1.82, 2.24) is 9.80 Å². The molecule has 3 heterocycles. The van der Waals surface area contributed by atoms with Gasteiger partial charge in [0.15, 0.2) is 0 Å². The molecule has 2 amide bonds. The van der Waals surface area contributed by atoms with Crippen LogP contribution in [0, 0.1) is 0 Å². The summed E-state index contributed by atoms with van der Waals surface area (Å²) in [7, 11) is 2.15. The molecule has 1 aromatic rings. The van der Waals surface area contributed by atoms with Crippen LogP contribution in [0.4, 0.5) is 0 Å². The average Bonchev–Trinajstić information content (AvgIpc) is 3.17. The van der Waals surface area contributed by atoms with E-state index in [1.54, 1.807) is 12.1 Å². The Balaban J connectivity index is 1.77. The number of thiophene rings is 1. The Hall–Kier alpha value is -1.40. The Morgan fingerprint density at radius 2 is 1.81 bits per heavy atom. The summed E-state index contributed by atoms with van der Waals surface area (Å²) in [5, 5.41) is 0. The van der Waals surface area contributed by atoms with Crippen LogP contribution in [0.25, 0.3) is 0 Å². The number of likely N-dealkylation sites (N-methyl/N-ethyl adjacent to an activating group) is 1. The number of hydrogen-bond donors (Lipinski definition) is 1. The second-order valence-corrected chi connectivity index (χ2v) is 7.01. The van der Waals surface area contributed by atoms with E-state index >= 15 is 0 Å². The number of likely N-dealkylation sites (tertiary alicyclic amines) is 2. The van der Waals surface area contributed by atoms with Crippen molar-refractivity contribution in [2.45, 2.75) is 37.8 Å². The third-order valence-corrected chi connectivity index (χ3v) is 5.73. The molecular formula is C15H21N3O2S. The normalized spacial score (nSPS) is 26.4. The summed E-state index contributed by atoms with van der Waals surface area (Å²) in [5.74, 6) is -0.414. The number of amides is 2. The number of hydrogen-bond acceptors (Lipinski definition) is 4. The highest BCUT2D eigenvalue weighted by atomic mass is 32.1. The van der Waals surface area contributed by atoms with E-state index in [-0.39, 0.29) is 5.91 Å². The van der Waals surface area contributed by atoms with Crippen molar-refractivity contribution >= 4 is 23.2 Å². The van der Waals surface area contributed by atoms with E-state index in [2.05, 4.69) is 11.9 Å². The van der Waals surface area contributed by atoms with Gasteiger partial charge in [-0.25, -0.2) is 0 Å². The van der Waals surface area contributed by atoms with Crippen molar-refractivity contribution in [3.05, 3.63) is 21.9 Å². The lowest BCUT2D eigenvalue weighted by atomic mass is 10.0. The summed E-state index contributed by atoms with van der Waals surface area (Å²) in [4.78, 5) is 29.3. The largest absolute Gasteiger partial charge is 0.365 e. The van der Waals surface area contributed by atoms with Crippen molar-refractivity contribution < 1.29 is 9.59 Å². The highest BCUT2D eigenvalue weighted by Crippen LogP contribution is 2.31. The van der Waals surface area contributed by atoms with Crippen LogP contribution >= 0.6 is 11.3 Å². The van der Waals surface area contributed by atoms with E-state index in [0.29, 0.717) is 21.8 Å². The van der Waals surface area contributed by atoms with Gasteiger partial charge in [-0.05, 0) is 51.4 Å². The fourth-order valence-electron chi connectivity index (χ4n) is 3.59. The van der Waals surface area contributed by atoms with Gasteiger partial charge in [0, 0.05) is 18.6 Å². The van der Waals surface area contributed by atoms with Gasteiger partial charge in [0.1, 0.15) is 0 Å². The Bertz CT molecular complexity index is 557. The van der Waals surface area contributed by atoms with Gasteiger partial charge >= 0.3 is 0 Å². The van der Waals surface area contributed by atoms with Crippen molar-refractivity contribution in [2.75, 3.05) is 20.1 Å². The fraction of sp³-hybridized carbons (Fsp3) is 0.600. The summed E-state index contributed by atoms with van der Waals surface area (Å²) >= 11 is 1.20. The quantitative estimate of drug-likeness (QED) is 0.921. The first-order chi connectivity index (χ1) is 10.1. The zero-order chi connectivity index (χ0) is 15.0. The Kier molecular flexibility index (Phi) is 3.99. The standard InChI is InChI=1S/C15H21N3O2S/c1-17-8-2-4-10(17)11-5-3-9-18(11)15(20)13-7-6-12(21-13)14(16)19/h6-7,10-11H,2-5,8-9H2,1H3,(H2,16,19)/t10-,11+/m1/s1. The van der Waals surface area contributed by atoms with Crippen molar-refractivity contribution in [3.8, 4) is 0 Å². The average molecular weight is 307 g/mol. The maximum atomic E-state index is 12.7. The second kappa shape index (κ2) is 5.77. The number of rotatable bonds is 3. The van der Waals surface area contributed by atoms with Gasteiger partial charge in [0.25, 0.3) is 11.8 Å². The number of primary amides is 1. The molecule has 6 heteroatoms. The third-order valence-electron chi connectivity index (χ3n) is 4.64. The maximum absolute atomic E-state index is 12.7. The molecule has 2 atom stereocenters. The van der Waals surface area contributed by atoms with Gasteiger partial charge in [-0.15, -0.1) is 11.3 Å². The van der Waals surface area contributed by atoms with Gasteiger partial charge in [-0.1, -0.05) is 0 Å². The third kappa shape index (κ3) is 2.70. The van der Waals surface area contributed by atoms with E-state index in [1.807, 2.05) is 4.90 Å². The predicted octanol–water partition coefficient (Wildman–Crippen LogP) is 1.55. The molecule has 2 aliphatic heterocycles. The SMILES string of the molecule is CN1CCC[C@@H]1[C@@H]1CCCN1C(=O)c1ccc(C(N)=O)s1. The Morgan fingerprint density at radius 1 is 1.14 bits per heavy atom. The van der Waals surface area contributed by atoms with Crippen molar-refractivity contribution in [1.29, 1.82) is 0 Å². The van der Waals surface area contributed by atoms with E-state index in [4.69, 9.17) is 5.73 Å². The zero-order valence-corrected chi connectivity index (χ0v) is 13.1. The minimum Gasteiger partial charge on any atom is -0.365 e.